The summed E-state index contributed by atoms with van der Waals surface area (Å²) < 4.78 is 5.35. The third-order valence-corrected chi connectivity index (χ3v) is 4.39. The Morgan fingerprint density at radius 2 is 1.45 bits per heavy atom. The van der Waals surface area contributed by atoms with Gasteiger partial charge in [0, 0.05) is 16.8 Å². The van der Waals surface area contributed by atoms with Crippen LogP contribution in [0.1, 0.15) is 31.8 Å². The Labute approximate surface area is 180 Å². The van der Waals surface area contributed by atoms with Gasteiger partial charge in [0.2, 0.25) is 0 Å². The Morgan fingerprint density at radius 3 is 2.13 bits per heavy atom. The van der Waals surface area contributed by atoms with E-state index in [0.717, 1.165) is 11.1 Å². The first-order valence-electron chi connectivity index (χ1n) is 9.67. The fourth-order valence-electron chi connectivity index (χ4n) is 2.71. The van der Waals surface area contributed by atoms with Crippen molar-refractivity contribution in [2.75, 3.05) is 11.9 Å². The van der Waals surface area contributed by atoms with Crippen LogP contribution >= 0.6 is 0 Å². The van der Waals surface area contributed by atoms with Gasteiger partial charge in [-0.1, -0.05) is 35.4 Å². The van der Waals surface area contributed by atoms with E-state index >= 15 is 0 Å². The molecule has 0 aromatic heterocycles. The molecule has 3 N–H and O–H groups in total. The summed E-state index contributed by atoms with van der Waals surface area (Å²) in [6.45, 7) is 3.64. The van der Waals surface area contributed by atoms with Crippen LogP contribution < -0.4 is 20.9 Å². The summed E-state index contributed by atoms with van der Waals surface area (Å²) >= 11 is 0. The van der Waals surface area contributed by atoms with Gasteiger partial charge in [-0.05, 0) is 62.4 Å². The molecule has 158 valence electrons. The summed E-state index contributed by atoms with van der Waals surface area (Å²) in [5.41, 5.74) is 8.15. The summed E-state index contributed by atoms with van der Waals surface area (Å²) in [6.07, 6.45) is 0. The summed E-state index contributed by atoms with van der Waals surface area (Å²) in [6, 6.07) is 20.9. The number of nitrogens with one attached hydrogen (secondary N) is 3. The normalized spacial score (nSPS) is 10.1. The molecule has 0 saturated heterocycles. The van der Waals surface area contributed by atoms with E-state index in [4.69, 9.17) is 4.74 Å². The van der Waals surface area contributed by atoms with Gasteiger partial charge in [0.1, 0.15) is 5.75 Å². The Balaban J connectivity index is 1.46. The van der Waals surface area contributed by atoms with Crippen molar-refractivity contribution in [3.63, 3.8) is 0 Å². The third kappa shape index (κ3) is 6.43. The molecule has 3 aromatic rings. The molecule has 7 nitrogen and oxygen atoms in total. The molecule has 0 heterocycles. The van der Waals surface area contributed by atoms with Crippen LogP contribution in [0.2, 0.25) is 0 Å². The monoisotopic (exact) mass is 417 g/mol. The number of ether oxygens (including phenoxy) is 1. The van der Waals surface area contributed by atoms with Crippen molar-refractivity contribution < 1.29 is 19.1 Å². The second kappa shape index (κ2) is 10.1. The van der Waals surface area contributed by atoms with Gasteiger partial charge >= 0.3 is 0 Å². The van der Waals surface area contributed by atoms with Crippen molar-refractivity contribution in [2.45, 2.75) is 13.8 Å². The highest BCUT2D eigenvalue weighted by atomic mass is 16.5. The van der Waals surface area contributed by atoms with Crippen LogP contribution in [-0.2, 0) is 4.79 Å². The van der Waals surface area contributed by atoms with Crippen LogP contribution in [0.4, 0.5) is 5.69 Å². The lowest BCUT2D eigenvalue weighted by atomic mass is 10.1. The fourth-order valence-corrected chi connectivity index (χ4v) is 2.71. The topological polar surface area (TPSA) is 96.5 Å². The fraction of sp³-hybridized carbons (Fsp3) is 0.125. The highest BCUT2D eigenvalue weighted by molar-refractivity contribution is 6.04. The maximum absolute atomic E-state index is 12.3. The zero-order valence-electron chi connectivity index (χ0n) is 17.3. The van der Waals surface area contributed by atoms with Crippen LogP contribution in [-0.4, -0.2) is 24.3 Å². The number of hydrogen-bond donors (Lipinski definition) is 3. The molecule has 0 atom stereocenters. The predicted octanol–water partition coefficient (Wildman–Crippen LogP) is 3.40. The molecule has 0 spiro atoms. The largest absolute Gasteiger partial charge is 0.484 e. The Kier molecular flexibility index (Phi) is 7.01. The lowest BCUT2D eigenvalue weighted by Crippen LogP contribution is -2.43. The van der Waals surface area contributed by atoms with E-state index < -0.39 is 11.8 Å². The molecule has 3 rings (SSSR count). The third-order valence-electron chi connectivity index (χ3n) is 4.39. The number of rotatable bonds is 6. The minimum Gasteiger partial charge on any atom is -0.484 e. The lowest BCUT2D eigenvalue weighted by molar-refractivity contribution is -0.123. The molecule has 0 unspecified atom stereocenters. The maximum atomic E-state index is 12.3. The molecule has 0 saturated carbocycles. The Bertz CT molecular complexity index is 1080. The number of hydrogen-bond acceptors (Lipinski definition) is 4. The highest BCUT2D eigenvalue weighted by Crippen LogP contribution is 2.13. The summed E-state index contributed by atoms with van der Waals surface area (Å²) in [4.78, 5) is 36.3. The van der Waals surface area contributed by atoms with E-state index in [2.05, 4.69) is 16.2 Å². The van der Waals surface area contributed by atoms with Gasteiger partial charge in [-0.25, -0.2) is 0 Å². The zero-order chi connectivity index (χ0) is 22.2. The number of anilines is 1. The van der Waals surface area contributed by atoms with Crippen LogP contribution in [0, 0.1) is 13.8 Å². The summed E-state index contributed by atoms with van der Waals surface area (Å²) in [5.74, 6) is -0.645. The van der Waals surface area contributed by atoms with E-state index in [-0.39, 0.29) is 12.5 Å². The molecule has 0 fully saturated rings. The number of hydrazine groups is 1. The smallest absolute Gasteiger partial charge is 0.276 e. The van der Waals surface area contributed by atoms with Gasteiger partial charge in [-0.3, -0.25) is 25.2 Å². The molecule has 3 amide bonds. The number of aryl methyl sites for hydroxylation is 2. The molecule has 0 aliphatic rings. The van der Waals surface area contributed by atoms with Gasteiger partial charge in [-0.2, -0.15) is 0 Å². The van der Waals surface area contributed by atoms with E-state index in [1.807, 2.05) is 38.1 Å². The Hall–Kier alpha value is -4.13. The van der Waals surface area contributed by atoms with E-state index in [0.29, 0.717) is 22.6 Å². The molecule has 0 bridgehead atoms. The predicted molar refractivity (Wildman–Crippen MR) is 118 cm³/mol. The number of benzene rings is 3. The Morgan fingerprint density at radius 1 is 0.742 bits per heavy atom. The molecule has 31 heavy (non-hydrogen) atoms. The molecular weight excluding hydrogens is 394 g/mol. The van der Waals surface area contributed by atoms with Crippen molar-refractivity contribution in [3.8, 4) is 5.75 Å². The van der Waals surface area contributed by atoms with Crippen LogP contribution in [0.25, 0.3) is 0 Å². The molecule has 3 aromatic carbocycles. The zero-order valence-corrected chi connectivity index (χ0v) is 17.3. The molecule has 0 radical (unpaired) electrons. The number of carbonyl (C=O) groups is 3. The number of carbonyl (C=O) groups excluding carboxylic acids is 3. The van der Waals surface area contributed by atoms with Crippen molar-refractivity contribution in [1.29, 1.82) is 0 Å². The first-order chi connectivity index (χ1) is 14.9. The second-order valence-corrected chi connectivity index (χ2v) is 7.00. The molecule has 7 heteroatoms. The van der Waals surface area contributed by atoms with E-state index in [1.54, 1.807) is 48.5 Å². The average Bonchev–Trinajstić information content (AvgIpc) is 2.77. The SMILES string of the molecule is Cc1ccc(OCC(=O)NNC(=O)c2ccc(NC(=O)c3cccc(C)c3)cc2)cc1. The van der Waals surface area contributed by atoms with Crippen molar-refractivity contribution >= 4 is 23.4 Å². The van der Waals surface area contributed by atoms with Crippen LogP contribution in [0.3, 0.4) is 0 Å². The number of amides is 3. The van der Waals surface area contributed by atoms with Crippen molar-refractivity contribution in [1.82, 2.24) is 10.9 Å². The molecular formula is C24H23N3O4. The first-order valence-corrected chi connectivity index (χ1v) is 9.67. The van der Waals surface area contributed by atoms with Crippen molar-refractivity contribution in [2.24, 2.45) is 0 Å². The second-order valence-electron chi connectivity index (χ2n) is 7.00. The average molecular weight is 417 g/mol. The minimum absolute atomic E-state index is 0.229. The maximum Gasteiger partial charge on any atom is 0.276 e. The minimum atomic E-state index is -0.490. The highest BCUT2D eigenvalue weighted by Gasteiger charge is 2.10. The standard InChI is InChI=1S/C24H23N3O4/c1-16-6-12-21(13-7-16)31-15-22(28)26-27-24(30)18-8-10-20(11-9-18)25-23(29)19-5-3-4-17(2)14-19/h3-14H,15H2,1-2H3,(H,25,29)(H,26,28)(H,27,30). The lowest BCUT2D eigenvalue weighted by Gasteiger charge is -2.10. The van der Waals surface area contributed by atoms with Crippen LogP contribution in [0.15, 0.2) is 72.8 Å². The van der Waals surface area contributed by atoms with Gasteiger partial charge < -0.3 is 10.1 Å². The summed E-state index contributed by atoms with van der Waals surface area (Å²) in [7, 11) is 0. The quantitative estimate of drug-likeness (QED) is 0.536. The van der Waals surface area contributed by atoms with E-state index in [9.17, 15) is 14.4 Å². The van der Waals surface area contributed by atoms with Gasteiger partial charge in [0.15, 0.2) is 6.61 Å². The first kappa shape index (κ1) is 21.6. The van der Waals surface area contributed by atoms with Crippen molar-refractivity contribution in [3.05, 3.63) is 95.1 Å². The van der Waals surface area contributed by atoms with E-state index in [1.165, 1.54) is 0 Å². The summed E-state index contributed by atoms with van der Waals surface area (Å²) in [5, 5.41) is 2.78. The molecule has 0 aliphatic heterocycles. The van der Waals surface area contributed by atoms with Gasteiger partial charge in [0.05, 0.1) is 0 Å². The van der Waals surface area contributed by atoms with Crippen LogP contribution in [0.5, 0.6) is 5.75 Å². The van der Waals surface area contributed by atoms with Gasteiger partial charge in [0.25, 0.3) is 17.7 Å². The van der Waals surface area contributed by atoms with Gasteiger partial charge in [-0.15, -0.1) is 0 Å². The molecule has 0 aliphatic carbocycles.